The van der Waals surface area contributed by atoms with Gasteiger partial charge in [-0.15, -0.1) is 0 Å². The summed E-state index contributed by atoms with van der Waals surface area (Å²) in [5.74, 6) is -0.173. The van der Waals surface area contributed by atoms with Crippen molar-refractivity contribution in [1.29, 1.82) is 0 Å². The van der Waals surface area contributed by atoms with Gasteiger partial charge >= 0.3 is 0 Å². The van der Waals surface area contributed by atoms with E-state index in [1.807, 2.05) is 13.8 Å². The van der Waals surface area contributed by atoms with Gasteiger partial charge in [0.2, 0.25) is 11.9 Å². The number of aliphatic hydroxyl groups excluding tert-OH is 3. The molecule has 0 aromatic carbocycles. The number of aliphatic hydroxyl groups is 3. The number of H-pyrrole nitrogens is 2. The predicted molar refractivity (Wildman–Crippen MR) is 146 cm³/mol. The summed E-state index contributed by atoms with van der Waals surface area (Å²) < 4.78 is 15.0. The van der Waals surface area contributed by atoms with Crippen molar-refractivity contribution in [2.24, 2.45) is 0 Å². The van der Waals surface area contributed by atoms with Gasteiger partial charge in [-0.25, -0.2) is 9.97 Å². The van der Waals surface area contributed by atoms with Gasteiger partial charge in [-0.05, 0) is 13.8 Å². The van der Waals surface area contributed by atoms with Gasteiger partial charge in [0.1, 0.15) is 24.5 Å². The van der Waals surface area contributed by atoms with Crippen molar-refractivity contribution in [3.8, 4) is 0 Å². The van der Waals surface area contributed by atoms with Gasteiger partial charge in [0, 0.05) is 19.0 Å². The van der Waals surface area contributed by atoms with Crippen LogP contribution < -0.4 is 33.2 Å². The summed E-state index contributed by atoms with van der Waals surface area (Å²) >= 11 is 0. The fourth-order valence-corrected chi connectivity index (χ4v) is 5.50. The molecule has 11 N–H and O–H groups in total. The van der Waals surface area contributed by atoms with Crippen molar-refractivity contribution >= 4 is 34.2 Å². The number of aromatic amines is 2. The second-order valence-electron chi connectivity index (χ2n) is 10.9. The van der Waals surface area contributed by atoms with Crippen LogP contribution in [0.15, 0.2) is 22.2 Å². The molecule has 4 aromatic rings. The molecule has 0 spiro atoms. The molecule has 0 radical (unpaired) electrons. The van der Waals surface area contributed by atoms with E-state index in [2.05, 4.69) is 40.5 Å². The first-order valence-electron chi connectivity index (χ1n) is 13.2. The third-order valence-corrected chi connectivity index (χ3v) is 7.53. The molecule has 19 nitrogen and oxygen atoms in total. The average Bonchev–Trinajstić information content (AvgIpc) is 3.69. The summed E-state index contributed by atoms with van der Waals surface area (Å²) in [7, 11) is 0. The zero-order chi connectivity index (χ0) is 29.9. The van der Waals surface area contributed by atoms with Gasteiger partial charge in [-0.1, -0.05) is 0 Å². The average molecular weight is 589 g/mol. The van der Waals surface area contributed by atoms with Gasteiger partial charge in [0.25, 0.3) is 11.1 Å². The summed E-state index contributed by atoms with van der Waals surface area (Å²) in [6.07, 6.45) is -2.53. The van der Waals surface area contributed by atoms with E-state index in [0.717, 1.165) is 0 Å². The molecule has 6 heterocycles. The number of nitrogens with two attached hydrogens (primary N) is 2. The van der Waals surface area contributed by atoms with E-state index in [1.165, 1.54) is 17.2 Å². The number of nitrogens with zero attached hydrogens (tertiary/aromatic N) is 6. The maximum atomic E-state index is 12.2. The largest absolute Gasteiger partial charge is 0.394 e. The van der Waals surface area contributed by atoms with Crippen LogP contribution >= 0.6 is 0 Å². The smallest absolute Gasteiger partial charge is 0.280 e. The van der Waals surface area contributed by atoms with E-state index >= 15 is 0 Å². The highest BCUT2D eigenvalue weighted by Crippen LogP contribution is 2.33. The summed E-state index contributed by atoms with van der Waals surface area (Å²) in [6.45, 7) is 3.57. The Hall–Kier alpha value is -3.98. The first-order chi connectivity index (χ1) is 20.0. The molecular formula is C23H32N12O7. The van der Waals surface area contributed by atoms with Gasteiger partial charge < -0.3 is 36.3 Å². The summed E-state index contributed by atoms with van der Waals surface area (Å²) in [4.78, 5) is 45.5. The first kappa shape index (κ1) is 28.2. The van der Waals surface area contributed by atoms with Crippen LogP contribution in [0.1, 0.15) is 32.7 Å². The lowest BCUT2D eigenvalue weighted by atomic mass is 10.1. The molecule has 2 fully saturated rings. The third kappa shape index (κ3) is 4.89. The molecule has 2 aliphatic rings. The summed E-state index contributed by atoms with van der Waals surface area (Å²) in [5.41, 5.74) is 10.1. The summed E-state index contributed by atoms with van der Waals surface area (Å²) in [6, 6.07) is -0.334. The molecule has 19 heteroatoms. The van der Waals surface area contributed by atoms with Crippen LogP contribution in [0, 0.1) is 0 Å². The Kier molecular flexibility index (Phi) is 6.96. The summed E-state index contributed by atoms with van der Waals surface area (Å²) in [5, 5.41) is 38.2. The molecule has 0 unspecified atom stereocenters. The molecule has 0 saturated carbocycles. The van der Waals surface area contributed by atoms with Crippen molar-refractivity contribution in [2.45, 2.75) is 68.8 Å². The highest BCUT2D eigenvalue weighted by molar-refractivity contribution is 5.71. The lowest BCUT2D eigenvalue weighted by molar-refractivity contribution is -0.0374. The molecule has 0 amide bonds. The molecule has 7 atom stereocenters. The zero-order valence-electron chi connectivity index (χ0n) is 22.6. The maximum absolute atomic E-state index is 12.2. The number of rotatable bonds is 8. The lowest BCUT2D eigenvalue weighted by Crippen LogP contribution is -2.59. The minimum atomic E-state index is -1.34. The minimum absolute atomic E-state index is 0.0201. The van der Waals surface area contributed by atoms with Crippen molar-refractivity contribution in [3.63, 3.8) is 0 Å². The molecule has 6 rings (SSSR count). The van der Waals surface area contributed by atoms with E-state index in [0.29, 0.717) is 6.42 Å². The Bertz CT molecular complexity index is 1730. The van der Waals surface area contributed by atoms with Gasteiger partial charge in [-0.2, -0.15) is 9.97 Å². The highest BCUT2D eigenvalue weighted by atomic mass is 16.6. The number of nitrogen functional groups attached to an aromatic ring is 2. The number of imidazole rings is 2. The number of nitrogens with one attached hydrogen (secondary N) is 4. The van der Waals surface area contributed by atoms with Crippen LogP contribution in [-0.2, 0) is 9.47 Å². The Morgan fingerprint density at radius 1 is 0.976 bits per heavy atom. The topological polar surface area (TPSA) is 282 Å². The van der Waals surface area contributed by atoms with Crippen LogP contribution in [0.5, 0.6) is 0 Å². The number of fused-ring (bicyclic) bond motifs is 2. The Labute approximate surface area is 235 Å². The molecule has 2 saturated heterocycles. The fourth-order valence-electron chi connectivity index (χ4n) is 5.50. The van der Waals surface area contributed by atoms with Crippen molar-refractivity contribution < 1.29 is 24.8 Å². The molecule has 0 aliphatic carbocycles. The second kappa shape index (κ2) is 10.4. The van der Waals surface area contributed by atoms with Crippen molar-refractivity contribution in [2.75, 3.05) is 24.6 Å². The molecular weight excluding hydrogens is 556 g/mol. The fraction of sp³-hybridized carbons (Fsp3) is 0.565. The Balaban J connectivity index is 1.13. The van der Waals surface area contributed by atoms with Gasteiger partial charge in [-0.3, -0.25) is 39.3 Å². The van der Waals surface area contributed by atoms with E-state index in [-0.39, 0.29) is 53.4 Å². The predicted octanol–water partition coefficient (Wildman–Crippen LogP) is -3.40. The number of aromatic nitrogens is 8. The SMILES string of the molecule is CC(C)(NC[C@H]1O[C@@H](n2cnc3c(=O)[nH]c(N)nc32)[C@@H](O)[C@@H]1O)N[C@H]1C[C@H](n2cnc3c(=O)[nH]c(N)nc32)O[C@@H]1CO. The zero-order valence-corrected chi connectivity index (χ0v) is 22.6. The van der Waals surface area contributed by atoms with E-state index < -0.39 is 53.7 Å². The van der Waals surface area contributed by atoms with E-state index in [4.69, 9.17) is 20.9 Å². The van der Waals surface area contributed by atoms with Crippen LogP contribution in [0.2, 0.25) is 0 Å². The Morgan fingerprint density at radius 3 is 2.19 bits per heavy atom. The van der Waals surface area contributed by atoms with Gasteiger partial charge in [0.15, 0.2) is 28.6 Å². The molecule has 226 valence electrons. The standard InChI is InChI=1S/C23H32N12O7/c1-23(2,33-8-3-11(41-10(8)5-36)34-6-26-12-16(34)29-21(24)31-18(12)39)28-4-9-14(37)15(38)20(42-9)35-7-27-13-17(35)30-22(25)32-19(13)40/h6-11,14-15,20,28,33,36-38H,3-5H2,1-2H3,(H3,24,29,31,39)(H3,25,30,32,40)/t8-,9+,10+,11+,14+,15-,20+/m0/s1. The monoisotopic (exact) mass is 588 g/mol. The van der Waals surface area contributed by atoms with Crippen LogP contribution in [0.3, 0.4) is 0 Å². The number of hydrogen-bond donors (Lipinski definition) is 9. The lowest BCUT2D eigenvalue weighted by Gasteiger charge is -2.34. The third-order valence-electron chi connectivity index (χ3n) is 7.53. The second-order valence-corrected chi connectivity index (χ2v) is 10.9. The van der Waals surface area contributed by atoms with Crippen LogP contribution in [0.4, 0.5) is 11.9 Å². The van der Waals surface area contributed by atoms with Crippen molar-refractivity contribution in [1.82, 2.24) is 49.7 Å². The van der Waals surface area contributed by atoms with Crippen LogP contribution in [-0.4, -0.2) is 104 Å². The van der Waals surface area contributed by atoms with E-state index in [9.17, 15) is 24.9 Å². The molecule has 4 aromatic heterocycles. The normalized spacial score (nSPS) is 28.4. The first-order valence-corrected chi connectivity index (χ1v) is 13.2. The molecule has 42 heavy (non-hydrogen) atoms. The maximum Gasteiger partial charge on any atom is 0.280 e. The number of anilines is 2. The van der Waals surface area contributed by atoms with E-state index in [1.54, 1.807) is 4.57 Å². The van der Waals surface area contributed by atoms with Gasteiger partial charge in [0.05, 0.1) is 31.0 Å². The van der Waals surface area contributed by atoms with Crippen molar-refractivity contribution in [3.05, 3.63) is 33.4 Å². The molecule has 0 bridgehead atoms. The molecule has 2 aliphatic heterocycles. The quantitative estimate of drug-likeness (QED) is 0.0907. The number of hydrogen-bond acceptors (Lipinski definition) is 15. The minimum Gasteiger partial charge on any atom is -0.394 e. The number of ether oxygens (including phenoxy) is 2. The highest BCUT2D eigenvalue weighted by Gasteiger charge is 2.45. The van der Waals surface area contributed by atoms with Crippen LogP contribution in [0.25, 0.3) is 22.3 Å². The Morgan fingerprint density at radius 2 is 1.57 bits per heavy atom.